The smallest absolute Gasteiger partial charge is 0.411 e. The minimum Gasteiger partial charge on any atom is -0.496 e. The van der Waals surface area contributed by atoms with Crippen LogP contribution >= 0.6 is 27.3 Å². The molecule has 0 bridgehead atoms. The van der Waals surface area contributed by atoms with Crippen molar-refractivity contribution in [3.05, 3.63) is 26.5 Å². The number of fused-ring (bicyclic) bond motifs is 3. The topological polar surface area (TPSA) is 107 Å². The van der Waals surface area contributed by atoms with Gasteiger partial charge in [-0.1, -0.05) is 11.3 Å². The lowest BCUT2D eigenvalue weighted by Crippen LogP contribution is -2.15. The number of benzene rings is 1. The Kier molecular flexibility index (Phi) is 3.53. The van der Waals surface area contributed by atoms with Crippen LogP contribution in [0.2, 0.25) is 0 Å². The lowest BCUT2D eigenvalue weighted by atomic mass is 10.1. The fourth-order valence-electron chi connectivity index (χ4n) is 2.22. The molecule has 7 nitrogen and oxygen atoms in total. The predicted molar refractivity (Wildman–Crippen MR) is 86.9 cm³/mol. The number of methoxy groups -OCH3 is 1. The number of H-pyrrole nitrogens is 1. The Bertz CT molecular complexity index is 979. The number of pyridine rings is 1. The van der Waals surface area contributed by atoms with Gasteiger partial charge in [0.1, 0.15) is 16.0 Å². The first-order valence-electron chi connectivity index (χ1n) is 6.09. The van der Waals surface area contributed by atoms with E-state index in [1.165, 1.54) is 0 Å². The van der Waals surface area contributed by atoms with Gasteiger partial charge in [-0.15, -0.1) is 0 Å². The molecule has 1 aromatic carbocycles. The van der Waals surface area contributed by atoms with Crippen LogP contribution in [0.5, 0.6) is 10.9 Å². The van der Waals surface area contributed by atoms with E-state index in [9.17, 15) is 9.59 Å². The molecule has 0 aliphatic heterocycles. The number of aromatic nitrogens is 2. The number of aryl methyl sites for hydroxylation is 1. The van der Waals surface area contributed by atoms with Crippen molar-refractivity contribution < 1.29 is 14.3 Å². The van der Waals surface area contributed by atoms with Gasteiger partial charge in [-0.25, -0.2) is 9.78 Å². The lowest BCUT2D eigenvalue weighted by Gasteiger charge is -2.10. The maximum Gasteiger partial charge on any atom is 0.411 e. The maximum absolute atomic E-state index is 12.2. The molecule has 9 heteroatoms. The maximum atomic E-state index is 12.2. The first-order valence-corrected chi connectivity index (χ1v) is 7.70. The summed E-state index contributed by atoms with van der Waals surface area (Å²) in [7, 11) is 1.55. The third kappa shape index (κ3) is 2.22. The van der Waals surface area contributed by atoms with Crippen molar-refractivity contribution >= 4 is 54.5 Å². The number of carbonyl (C=O) groups is 1. The Morgan fingerprint density at radius 1 is 1.50 bits per heavy atom. The summed E-state index contributed by atoms with van der Waals surface area (Å²) in [4.78, 5) is 30.1. The van der Waals surface area contributed by atoms with Crippen molar-refractivity contribution in [3.8, 4) is 10.9 Å². The third-order valence-corrected chi connectivity index (χ3v) is 4.84. The molecule has 3 N–H and O–H groups in total. The highest BCUT2D eigenvalue weighted by Gasteiger charge is 2.19. The SMILES string of the molecule is COc1cc(C)c2[nH]c(=O)c3sc(OC(N)=O)nc3c2c1Br. The number of primary amides is 1. The quantitative estimate of drug-likeness (QED) is 0.707. The molecule has 3 aromatic rings. The molecule has 0 radical (unpaired) electrons. The normalized spacial score (nSPS) is 11.0. The van der Waals surface area contributed by atoms with E-state index in [4.69, 9.17) is 15.2 Å². The van der Waals surface area contributed by atoms with Crippen molar-refractivity contribution in [2.24, 2.45) is 5.73 Å². The highest BCUT2D eigenvalue weighted by atomic mass is 79.9. The van der Waals surface area contributed by atoms with Gasteiger partial charge in [-0.3, -0.25) is 4.79 Å². The third-order valence-electron chi connectivity index (χ3n) is 3.12. The van der Waals surface area contributed by atoms with E-state index in [2.05, 4.69) is 25.9 Å². The van der Waals surface area contributed by atoms with Gasteiger partial charge in [-0.05, 0) is 34.5 Å². The molecule has 2 heterocycles. The van der Waals surface area contributed by atoms with Crippen LogP contribution in [0, 0.1) is 6.92 Å². The van der Waals surface area contributed by atoms with Gasteiger partial charge in [0.05, 0.1) is 17.1 Å². The number of aromatic amines is 1. The number of ether oxygens (including phenoxy) is 2. The van der Waals surface area contributed by atoms with Crippen molar-refractivity contribution in [1.29, 1.82) is 0 Å². The summed E-state index contributed by atoms with van der Waals surface area (Å²) < 4.78 is 11.1. The number of carbonyl (C=O) groups excluding carboxylic acids is 1. The summed E-state index contributed by atoms with van der Waals surface area (Å²) in [6.45, 7) is 1.85. The van der Waals surface area contributed by atoms with Gasteiger partial charge < -0.3 is 20.2 Å². The fourth-order valence-corrected chi connectivity index (χ4v) is 3.70. The summed E-state index contributed by atoms with van der Waals surface area (Å²) in [6, 6.07) is 1.81. The number of nitrogens with zero attached hydrogens (tertiary/aromatic N) is 1. The van der Waals surface area contributed by atoms with Crippen LogP contribution in [-0.2, 0) is 0 Å². The van der Waals surface area contributed by atoms with E-state index in [0.29, 0.717) is 31.3 Å². The summed E-state index contributed by atoms with van der Waals surface area (Å²) in [5, 5.41) is 0.704. The number of nitrogens with one attached hydrogen (secondary N) is 1. The Balaban J connectivity index is 2.47. The van der Waals surface area contributed by atoms with Crippen molar-refractivity contribution in [2.75, 3.05) is 7.11 Å². The molecule has 0 saturated heterocycles. The van der Waals surface area contributed by atoms with Gasteiger partial charge in [-0.2, -0.15) is 0 Å². The number of thiazole rings is 1. The first kappa shape index (κ1) is 14.8. The molecule has 0 aliphatic carbocycles. The van der Waals surface area contributed by atoms with Crippen LogP contribution in [0.25, 0.3) is 21.1 Å². The van der Waals surface area contributed by atoms with E-state index in [1.54, 1.807) is 13.2 Å². The molecule has 22 heavy (non-hydrogen) atoms. The van der Waals surface area contributed by atoms with Crippen molar-refractivity contribution in [1.82, 2.24) is 9.97 Å². The van der Waals surface area contributed by atoms with Crippen LogP contribution < -0.4 is 20.8 Å². The predicted octanol–water partition coefficient (Wildman–Crippen LogP) is 2.67. The number of halogens is 1. The molecule has 0 aliphatic rings. The van der Waals surface area contributed by atoms with Crippen LogP contribution in [-0.4, -0.2) is 23.2 Å². The molecule has 1 amide bonds. The van der Waals surface area contributed by atoms with Gasteiger partial charge in [0.25, 0.3) is 10.8 Å². The van der Waals surface area contributed by atoms with Crippen molar-refractivity contribution in [2.45, 2.75) is 6.92 Å². The second kappa shape index (κ2) is 5.25. The zero-order valence-electron chi connectivity index (χ0n) is 11.5. The Morgan fingerprint density at radius 3 is 2.86 bits per heavy atom. The highest BCUT2D eigenvalue weighted by Crippen LogP contribution is 2.39. The number of amides is 1. The molecule has 0 spiro atoms. The Hall–Kier alpha value is -2.13. The van der Waals surface area contributed by atoms with E-state index in [1.807, 2.05) is 6.92 Å². The zero-order valence-corrected chi connectivity index (χ0v) is 13.9. The van der Waals surface area contributed by atoms with E-state index in [0.717, 1.165) is 16.9 Å². The number of hydrogen-bond acceptors (Lipinski definition) is 6. The summed E-state index contributed by atoms with van der Waals surface area (Å²) in [5.74, 6) is 0.615. The number of nitrogens with two attached hydrogens (primary N) is 1. The molecular weight excluding hydrogens is 374 g/mol. The standard InChI is InChI=1S/C13H10BrN3O4S/c1-4-3-5(20-2)7(14)6-8(4)16-11(18)10-9(6)17-13(22-10)21-12(15)19/h3H,1-2H3,(H2,15,19)(H,16,18). The molecule has 0 saturated carbocycles. The second-order valence-electron chi connectivity index (χ2n) is 4.49. The van der Waals surface area contributed by atoms with Crippen LogP contribution in [0.15, 0.2) is 15.3 Å². The monoisotopic (exact) mass is 383 g/mol. The van der Waals surface area contributed by atoms with Crippen LogP contribution in [0.4, 0.5) is 4.79 Å². The minimum atomic E-state index is -0.979. The molecular formula is C13H10BrN3O4S. The average molecular weight is 384 g/mol. The van der Waals surface area contributed by atoms with Crippen LogP contribution in [0.3, 0.4) is 0 Å². The Labute approximate surface area is 136 Å². The lowest BCUT2D eigenvalue weighted by molar-refractivity contribution is 0.211. The molecule has 2 aromatic heterocycles. The molecule has 3 rings (SSSR count). The van der Waals surface area contributed by atoms with Gasteiger partial charge in [0.2, 0.25) is 0 Å². The van der Waals surface area contributed by atoms with Crippen molar-refractivity contribution in [3.63, 3.8) is 0 Å². The minimum absolute atomic E-state index is 0.0212. The molecule has 114 valence electrons. The fraction of sp³-hybridized carbons (Fsp3) is 0.154. The molecule has 0 fully saturated rings. The van der Waals surface area contributed by atoms with E-state index in [-0.39, 0.29) is 10.8 Å². The summed E-state index contributed by atoms with van der Waals surface area (Å²) in [6.07, 6.45) is -0.979. The number of hydrogen-bond donors (Lipinski definition) is 2. The largest absolute Gasteiger partial charge is 0.496 e. The van der Waals surface area contributed by atoms with Gasteiger partial charge in [0, 0.05) is 5.39 Å². The number of rotatable bonds is 2. The zero-order chi connectivity index (χ0) is 16.0. The van der Waals surface area contributed by atoms with Gasteiger partial charge >= 0.3 is 6.09 Å². The molecule has 0 atom stereocenters. The Morgan fingerprint density at radius 2 is 2.23 bits per heavy atom. The van der Waals surface area contributed by atoms with Crippen LogP contribution in [0.1, 0.15) is 5.56 Å². The molecule has 0 unspecified atom stereocenters. The summed E-state index contributed by atoms with van der Waals surface area (Å²) >= 11 is 4.42. The second-order valence-corrected chi connectivity index (χ2v) is 6.25. The highest BCUT2D eigenvalue weighted by molar-refractivity contribution is 9.10. The summed E-state index contributed by atoms with van der Waals surface area (Å²) in [5.41, 5.74) is 6.58. The first-order chi connectivity index (χ1) is 10.4. The van der Waals surface area contributed by atoms with E-state index >= 15 is 0 Å². The van der Waals surface area contributed by atoms with Gasteiger partial charge in [0.15, 0.2) is 0 Å². The average Bonchev–Trinajstić information content (AvgIpc) is 2.85. The van der Waals surface area contributed by atoms with E-state index < -0.39 is 6.09 Å².